The summed E-state index contributed by atoms with van der Waals surface area (Å²) in [5, 5.41) is 3.14. The minimum Gasteiger partial charge on any atom is -0.456 e. The molecular formula is C41H43N3O12S4. The molecule has 1 aliphatic carbocycles. The van der Waals surface area contributed by atoms with Crippen molar-refractivity contribution in [3.63, 3.8) is 0 Å². The maximum atomic E-state index is 14.0. The standard InChI is InChI=1S/C41H43N3O12S4/c1-21-16-23(3)39(59(50,51)52)25(5)37(21)42-27-14-15-28-32(18-27)56-33-20-31(43-38-22(2)17-24(4)40(26(38)6)60(53,54)55)35(58(47,48)49)19-30(33)36(28)29-12-10-11-13-34(29)57(45,46)44-41(7,8)9/h10-20,42,44H,1-9H3,(H,47,48,49)(H,50,51,52)(H,53,54,55). The van der Waals surface area contributed by atoms with E-state index in [0.717, 1.165) is 6.07 Å². The first-order valence-electron chi connectivity index (χ1n) is 18.1. The Morgan fingerprint density at radius 3 is 1.78 bits per heavy atom. The molecule has 0 radical (unpaired) electrons. The van der Waals surface area contributed by atoms with Gasteiger partial charge in [-0.05, 0) is 120 Å². The quantitative estimate of drug-likeness (QED) is 0.0686. The summed E-state index contributed by atoms with van der Waals surface area (Å²) in [6, 6.07) is 16.2. The second-order valence-corrected chi connectivity index (χ2v) is 21.4. The van der Waals surface area contributed by atoms with Gasteiger partial charge in [-0.3, -0.25) is 13.7 Å². The third-order valence-electron chi connectivity index (χ3n) is 9.74. The van der Waals surface area contributed by atoms with Gasteiger partial charge >= 0.3 is 0 Å². The highest BCUT2D eigenvalue weighted by Gasteiger charge is 2.30. The van der Waals surface area contributed by atoms with Gasteiger partial charge in [0.2, 0.25) is 10.0 Å². The molecule has 2 aliphatic rings. The molecule has 0 aromatic heterocycles. The molecule has 5 N–H and O–H groups in total. The summed E-state index contributed by atoms with van der Waals surface area (Å²) < 4.78 is 144. The molecule has 4 aromatic rings. The van der Waals surface area contributed by atoms with E-state index in [-0.39, 0.29) is 65.6 Å². The van der Waals surface area contributed by atoms with Crippen LogP contribution in [0.2, 0.25) is 0 Å². The van der Waals surface area contributed by atoms with Crippen LogP contribution >= 0.6 is 0 Å². The predicted octanol–water partition coefficient (Wildman–Crippen LogP) is 7.85. The number of fused-ring (bicyclic) bond motifs is 2. The second-order valence-electron chi connectivity index (χ2n) is 15.7. The molecule has 15 nitrogen and oxygen atoms in total. The molecule has 1 aliphatic heterocycles. The van der Waals surface area contributed by atoms with Crippen LogP contribution in [-0.4, -0.2) is 52.9 Å². The summed E-state index contributed by atoms with van der Waals surface area (Å²) in [6.45, 7) is 14.3. The number of hydrogen-bond acceptors (Lipinski definition) is 11. The van der Waals surface area contributed by atoms with E-state index >= 15 is 0 Å². The molecule has 0 unspecified atom stereocenters. The number of rotatable bonds is 9. The van der Waals surface area contributed by atoms with Crippen LogP contribution < -0.4 is 15.4 Å². The lowest BCUT2D eigenvalue weighted by molar-refractivity contribution is 0.479. The largest absolute Gasteiger partial charge is 0.456 e. The summed E-state index contributed by atoms with van der Waals surface area (Å²) in [5.74, 6) is -0.0365. The Morgan fingerprint density at radius 1 is 0.617 bits per heavy atom. The summed E-state index contributed by atoms with van der Waals surface area (Å²) in [7, 11) is -18.7. The highest BCUT2D eigenvalue weighted by molar-refractivity contribution is 7.89. The minimum absolute atomic E-state index is 0.00701. The molecule has 19 heteroatoms. The van der Waals surface area contributed by atoms with E-state index in [2.05, 4.69) is 15.0 Å². The third-order valence-corrected chi connectivity index (χ3v) is 14.7. The Balaban J connectivity index is 1.75. The zero-order chi connectivity index (χ0) is 44.7. The van der Waals surface area contributed by atoms with Crippen LogP contribution in [-0.2, 0) is 40.4 Å². The molecule has 4 aromatic carbocycles. The van der Waals surface area contributed by atoms with Crippen LogP contribution in [0.4, 0.5) is 17.1 Å². The molecule has 6 rings (SSSR count). The van der Waals surface area contributed by atoms with Crippen molar-refractivity contribution in [1.82, 2.24) is 4.72 Å². The lowest BCUT2D eigenvalue weighted by atomic mass is 9.93. The van der Waals surface area contributed by atoms with Gasteiger partial charge < -0.3 is 9.73 Å². The van der Waals surface area contributed by atoms with Crippen molar-refractivity contribution in [3.8, 4) is 22.5 Å². The number of aryl methyl sites for hydroxylation is 4. The molecule has 0 amide bonds. The van der Waals surface area contributed by atoms with Gasteiger partial charge in [0.1, 0.15) is 26.0 Å². The van der Waals surface area contributed by atoms with Crippen LogP contribution in [0.1, 0.15) is 54.2 Å². The van der Waals surface area contributed by atoms with Gasteiger partial charge in [0.15, 0.2) is 0 Å². The van der Waals surface area contributed by atoms with Crippen molar-refractivity contribution in [3.05, 3.63) is 105 Å². The first-order chi connectivity index (χ1) is 27.5. The van der Waals surface area contributed by atoms with Crippen molar-refractivity contribution < 1.29 is 51.7 Å². The fourth-order valence-electron chi connectivity index (χ4n) is 7.68. The van der Waals surface area contributed by atoms with Gasteiger partial charge in [0.05, 0.1) is 15.9 Å². The van der Waals surface area contributed by atoms with Crippen LogP contribution in [0.3, 0.4) is 0 Å². The van der Waals surface area contributed by atoms with E-state index in [1.54, 1.807) is 78.8 Å². The van der Waals surface area contributed by atoms with Crippen LogP contribution in [0.25, 0.3) is 33.4 Å². The predicted molar refractivity (Wildman–Crippen MR) is 228 cm³/mol. The Kier molecular flexibility index (Phi) is 11.3. The SMILES string of the molecule is Cc1cc(C)c(S(=O)(=O)O)c(C)c1N=c1cc2oc3cc(Nc4c(C)cc(C)c(S(=O)(=O)O)c4C)ccc3c(-c3ccccc3S(=O)(=O)NC(C)(C)C)c-2cc1S(=O)(=O)O. The molecule has 0 saturated carbocycles. The Bertz CT molecular complexity index is 3300. The van der Waals surface area contributed by atoms with Crippen molar-refractivity contribution in [2.24, 2.45) is 4.99 Å². The number of anilines is 2. The lowest BCUT2D eigenvalue weighted by Gasteiger charge is -2.23. The minimum atomic E-state index is -5.10. The van der Waals surface area contributed by atoms with Crippen molar-refractivity contribution in [1.29, 1.82) is 0 Å². The average Bonchev–Trinajstić information content (AvgIpc) is 3.07. The third kappa shape index (κ3) is 8.62. The summed E-state index contributed by atoms with van der Waals surface area (Å²) in [5.41, 5.74) is 2.24. The smallest absolute Gasteiger partial charge is 0.296 e. The molecule has 318 valence electrons. The number of nitrogens with one attached hydrogen (secondary N) is 2. The van der Waals surface area contributed by atoms with Gasteiger partial charge in [-0.25, -0.2) is 18.1 Å². The van der Waals surface area contributed by atoms with Crippen molar-refractivity contribution >= 4 is 68.4 Å². The number of sulfonamides is 1. The number of nitrogens with zero attached hydrogens (tertiary/aromatic N) is 1. The van der Waals surface area contributed by atoms with E-state index in [1.165, 1.54) is 44.2 Å². The first-order valence-corrected chi connectivity index (χ1v) is 23.9. The molecule has 0 atom stereocenters. The lowest BCUT2D eigenvalue weighted by Crippen LogP contribution is -2.40. The molecule has 0 bridgehead atoms. The fourth-order valence-corrected chi connectivity index (χ4v) is 11.9. The van der Waals surface area contributed by atoms with E-state index in [0.29, 0.717) is 33.5 Å². The molecule has 0 fully saturated rings. The molecule has 1 heterocycles. The van der Waals surface area contributed by atoms with Crippen molar-refractivity contribution in [2.45, 2.75) is 87.4 Å². The average molecular weight is 898 g/mol. The first kappa shape index (κ1) is 44.6. The van der Waals surface area contributed by atoms with E-state index in [1.807, 2.05) is 0 Å². The van der Waals surface area contributed by atoms with Crippen LogP contribution in [0, 0.1) is 41.5 Å². The number of hydrogen-bond donors (Lipinski definition) is 5. The summed E-state index contributed by atoms with van der Waals surface area (Å²) >= 11 is 0. The highest BCUT2D eigenvalue weighted by atomic mass is 32.2. The van der Waals surface area contributed by atoms with Gasteiger partial charge in [0.25, 0.3) is 30.4 Å². The van der Waals surface area contributed by atoms with Crippen LogP contribution in [0.5, 0.6) is 0 Å². The van der Waals surface area contributed by atoms with E-state index in [9.17, 15) is 47.3 Å². The molecular weight excluding hydrogens is 855 g/mol. The maximum absolute atomic E-state index is 14.0. The van der Waals surface area contributed by atoms with Crippen LogP contribution in [0.15, 0.2) is 95.7 Å². The normalized spacial score (nSPS) is 13.4. The fraction of sp³-hybridized carbons (Fsp3) is 0.244. The molecule has 0 spiro atoms. The summed E-state index contributed by atoms with van der Waals surface area (Å²) in [6.07, 6.45) is 0. The van der Waals surface area contributed by atoms with Gasteiger partial charge in [-0.2, -0.15) is 25.3 Å². The Labute approximate surface area is 348 Å². The topological polar surface area (TPSA) is 247 Å². The van der Waals surface area contributed by atoms with Gasteiger partial charge in [-0.1, -0.05) is 30.3 Å². The van der Waals surface area contributed by atoms with Gasteiger partial charge in [0, 0.05) is 51.1 Å². The maximum Gasteiger partial charge on any atom is 0.296 e. The molecule has 0 saturated heterocycles. The number of benzene rings is 5. The van der Waals surface area contributed by atoms with E-state index in [4.69, 9.17) is 4.42 Å². The second kappa shape index (κ2) is 15.2. The summed E-state index contributed by atoms with van der Waals surface area (Å²) in [4.78, 5) is 2.95. The van der Waals surface area contributed by atoms with E-state index < -0.39 is 55.7 Å². The zero-order valence-electron chi connectivity index (χ0n) is 33.9. The Hall–Kier alpha value is -4.99. The highest BCUT2D eigenvalue weighted by Crippen LogP contribution is 2.44. The zero-order valence-corrected chi connectivity index (χ0v) is 37.2. The molecule has 60 heavy (non-hydrogen) atoms. The Morgan fingerprint density at radius 2 is 1.20 bits per heavy atom. The van der Waals surface area contributed by atoms with Gasteiger partial charge in [-0.15, -0.1) is 0 Å². The van der Waals surface area contributed by atoms with Crippen molar-refractivity contribution in [2.75, 3.05) is 5.32 Å². The monoisotopic (exact) mass is 897 g/mol.